The number of esters is 1. The van der Waals surface area contributed by atoms with Crippen molar-refractivity contribution in [1.29, 1.82) is 0 Å². The molecule has 0 spiro atoms. The van der Waals surface area contributed by atoms with E-state index in [-0.39, 0.29) is 11.0 Å². The Morgan fingerprint density at radius 3 is 2.62 bits per heavy atom. The molecule has 2 aromatic rings. The van der Waals surface area contributed by atoms with E-state index in [1.165, 1.54) is 0 Å². The van der Waals surface area contributed by atoms with Crippen molar-refractivity contribution in [3.8, 4) is 0 Å². The van der Waals surface area contributed by atoms with E-state index in [4.69, 9.17) is 0 Å². The lowest BCUT2D eigenvalue weighted by Gasteiger charge is -2.03. The van der Waals surface area contributed by atoms with Gasteiger partial charge in [0.05, 0.1) is 12.7 Å². The number of nitrogens with zero attached hydrogens (tertiary/aromatic N) is 2. The first kappa shape index (κ1) is 14.9. The highest BCUT2D eigenvalue weighted by atomic mass is 32.1. The summed E-state index contributed by atoms with van der Waals surface area (Å²) in [6, 6.07) is 1.40. The number of hydrogen-bond donors (Lipinski definition) is 1. The molecule has 1 amide bonds. The topological polar surface area (TPSA) is 81.2 Å². The number of hydrogen-bond acceptors (Lipinski definition) is 6. The molecular weight excluding hydrogens is 311 g/mol. The van der Waals surface area contributed by atoms with Crippen molar-refractivity contribution in [2.75, 3.05) is 12.4 Å². The monoisotopic (exact) mass is 317 g/mol. The van der Waals surface area contributed by atoms with Gasteiger partial charge in [-0.25, -0.2) is 18.0 Å². The number of nitrogens with one attached hydrogen (secondary N) is 1. The Labute approximate surface area is 119 Å². The molecule has 0 aliphatic heterocycles. The van der Waals surface area contributed by atoms with Gasteiger partial charge in [-0.15, -0.1) is 0 Å². The van der Waals surface area contributed by atoms with Gasteiger partial charge in [-0.1, -0.05) is 0 Å². The largest absolute Gasteiger partial charge is 0.463 e. The standard InChI is InChI=1S/C11H6F3N3O3S/c1-20-10(19)8-15-11(21-17-8)16-9(18)4-2-3-5(12)7(14)6(4)13/h2-3H,1H3,(H,15,16,17,18). The van der Waals surface area contributed by atoms with Gasteiger partial charge in [-0.05, 0) is 12.1 Å². The lowest BCUT2D eigenvalue weighted by molar-refractivity contribution is 0.0588. The molecule has 110 valence electrons. The molecule has 0 bridgehead atoms. The molecule has 10 heteroatoms. The van der Waals surface area contributed by atoms with Gasteiger partial charge in [0, 0.05) is 11.5 Å². The summed E-state index contributed by atoms with van der Waals surface area (Å²) in [5.41, 5.74) is -0.705. The summed E-state index contributed by atoms with van der Waals surface area (Å²) in [4.78, 5) is 26.5. The Kier molecular flexibility index (Phi) is 4.17. The third-order valence-corrected chi connectivity index (χ3v) is 2.92. The van der Waals surface area contributed by atoms with E-state index in [1.807, 2.05) is 0 Å². The smallest absolute Gasteiger partial charge is 0.377 e. The fourth-order valence-electron chi connectivity index (χ4n) is 1.31. The van der Waals surface area contributed by atoms with Gasteiger partial charge in [0.2, 0.25) is 5.13 Å². The van der Waals surface area contributed by atoms with Crippen molar-refractivity contribution in [3.63, 3.8) is 0 Å². The van der Waals surface area contributed by atoms with E-state index < -0.39 is 34.9 Å². The van der Waals surface area contributed by atoms with Gasteiger partial charge in [0.25, 0.3) is 11.7 Å². The number of halogens is 3. The first-order chi connectivity index (χ1) is 9.93. The fraction of sp³-hybridized carbons (Fsp3) is 0.0909. The van der Waals surface area contributed by atoms with Crippen LogP contribution >= 0.6 is 11.5 Å². The lowest BCUT2D eigenvalue weighted by atomic mass is 10.2. The van der Waals surface area contributed by atoms with Crippen LogP contribution in [0.5, 0.6) is 0 Å². The van der Waals surface area contributed by atoms with E-state index in [0.29, 0.717) is 17.6 Å². The Bertz CT molecular complexity index is 720. The molecule has 0 saturated carbocycles. The van der Waals surface area contributed by atoms with Crippen molar-refractivity contribution < 1.29 is 27.5 Å². The summed E-state index contributed by atoms with van der Waals surface area (Å²) < 4.78 is 47.2. The molecule has 0 aliphatic rings. The first-order valence-electron chi connectivity index (χ1n) is 5.31. The molecule has 21 heavy (non-hydrogen) atoms. The molecule has 1 aromatic carbocycles. The van der Waals surface area contributed by atoms with Crippen molar-refractivity contribution in [2.24, 2.45) is 0 Å². The van der Waals surface area contributed by atoms with Gasteiger partial charge < -0.3 is 4.74 Å². The number of rotatable bonds is 3. The van der Waals surface area contributed by atoms with E-state index in [9.17, 15) is 22.8 Å². The Morgan fingerprint density at radius 2 is 1.95 bits per heavy atom. The third-order valence-electron chi connectivity index (χ3n) is 2.29. The number of amides is 1. The molecule has 6 nitrogen and oxygen atoms in total. The van der Waals surface area contributed by atoms with Crippen LogP contribution in [0.25, 0.3) is 0 Å². The second-order valence-electron chi connectivity index (χ2n) is 3.59. The highest BCUT2D eigenvalue weighted by Gasteiger charge is 2.20. The van der Waals surface area contributed by atoms with Crippen LogP contribution in [-0.4, -0.2) is 28.3 Å². The van der Waals surface area contributed by atoms with Gasteiger partial charge in [0.1, 0.15) is 0 Å². The van der Waals surface area contributed by atoms with Gasteiger partial charge in [0.15, 0.2) is 17.5 Å². The summed E-state index contributed by atoms with van der Waals surface area (Å²) in [5, 5.41) is 1.99. The average molecular weight is 317 g/mol. The molecule has 2 rings (SSSR count). The number of carbonyl (C=O) groups excluding carboxylic acids is 2. The Hall–Kier alpha value is -2.49. The van der Waals surface area contributed by atoms with Crippen LogP contribution in [-0.2, 0) is 4.74 Å². The zero-order valence-electron chi connectivity index (χ0n) is 10.3. The molecule has 0 atom stereocenters. The molecule has 1 aromatic heterocycles. The molecule has 0 unspecified atom stereocenters. The minimum Gasteiger partial charge on any atom is -0.463 e. The summed E-state index contributed by atoms with van der Waals surface area (Å²) in [7, 11) is 1.12. The third kappa shape index (κ3) is 2.99. The highest BCUT2D eigenvalue weighted by Crippen LogP contribution is 2.18. The van der Waals surface area contributed by atoms with Gasteiger partial charge in [-0.3, -0.25) is 10.1 Å². The number of benzene rings is 1. The molecule has 0 radical (unpaired) electrons. The van der Waals surface area contributed by atoms with E-state index in [2.05, 4.69) is 19.4 Å². The van der Waals surface area contributed by atoms with Crippen molar-refractivity contribution >= 4 is 28.5 Å². The van der Waals surface area contributed by atoms with Gasteiger partial charge in [-0.2, -0.15) is 9.36 Å². The van der Waals surface area contributed by atoms with E-state index >= 15 is 0 Å². The minimum atomic E-state index is -1.75. The molecule has 0 fully saturated rings. The summed E-state index contributed by atoms with van der Waals surface area (Å²) in [6.07, 6.45) is 0. The van der Waals surface area contributed by atoms with Crippen LogP contribution in [0.4, 0.5) is 18.3 Å². The fourth-order valence-corrected chi connectivity index (χ4v) is 1.87. The van der Waals surface area contributed by atoms with Crippen LogP contribution in [0.3, 0.4) is 0 Å². The summed E-state index contributed by atoms with van der Waals surface area (Å²) in [5.74, 6) is -6.94. The minimum absolute atomic E-state index is 0.121. The zero-order chi connectivity index (χ0) is 15.6. The SMILES string of the molecule is COC(=O)c1nsc(NC(=O)c2ccc(F)c(F)c2F)n1. The zero-order valence-corrected chi connectivity index (χ0v) is 11.1. The molecular formula is C11H6F3N3O3S. The van der Waals surface area contributed by atoms with Crippen molar-refractivity contribution in [2.45, 2.75) is 0 Å². The van der Waals surface area contributed by atoms with Crippen LogP contribution in [0.15, 0.2) is 12.1 Å². The van der Waals surface area contributed by atoms with Crippen LogP contribution < -0.4 is 5.32 Å². The molecule has 1 N–H and O–H groups in total. The second kappa shape index (κ2) is 5.87. The maximum absolute atomic E-state index is 13.4. The lowest BCUT2D eigenvalue weighted by Crippen LogP contribution is -2.15. The Balaban J connectivity index is 2.21. The van der Waals surface area contributed by atoms with Crippen LogP contribution in [0.1, 0.15) is 21.0 Å². The second-order valence-corrected chi connectivity index (χ2v) is 4.34. The van der Waals surface area contributed by atoms with E-state index in [1.54, 1.807) is 0 Å². The van der Waals surface area contributed by atoms with Crippen molar-refractivity contribution in [3.05, 3.63) is 41.0 Å². The summed E-state index contributed by atoms with van der Waals surface area (Å²) in [6.45, 7) is 0. The van der Waals surface area contributed by atoms with Crippen molar-refractivity contribution in [1.82, 2.24) is 9.36 Å². The number of ether oxygens (including phenoxy) is 1. The van der Waals surface area contributed by atoms with Crippen LogP contribution in [0.2, 0.25) is 0 Å². The maximum Gasteiger partial charge on any atom is 0.377 e. The summed E-state index contributed by atoms with van der Waals surface area (Å²) >= 11 is 0.645. The predicted octanol–water partition coefficient (Wildman–Crippen LogP) is 1.99. The number of aromatic nitrogens is 2. The first-order valence-corrected chi connectivity index (χ1v) is 6.08. The van der Waals surface area contributed by atoms with E-state index in [0.717, 1.165) is 13.2 Å². The normalized spacial score (nSPS) is 10.3. The average Bonchev–Trinajstić information content (AvgIpc) is 2.92. The molecule has 0 saturated heterocycles. The highest BCUT2D eigenvalue weighted by molar-refractivity contribution is 7.10. The van der Waals surface area contributed by atoms with Gasteiger partial charge >= 0.3 is 5.97 Å². The number of anilines is 1. The quantitative estimate of drug-likeness (QED) is 0.691. The number of carbonyl (C=O) groups is 2. The molecule has 1 heterocycles. The predicted molar refractivity (Wildman–Crippen MR) is 65.5 cm³/mol. The molecule has 0 aliphatic carbocycles. The van der Waals surface area contributed by atoms with Crippen LogP contribution in [0, 0.1) is 17.5 Å². The number of methoxy groups -OCH3 is 1. The maximum atomic E-state index is 13.4. The Morgan fingerprint density at radius 1 is 1.24 bits per heavy atom.